The molecule has 2 unspecified atom stereocenters. The van der Waals surface area contributed by atoms with Crippen molar-refractivity contribution in [2.45, 2.75) is 38.8 Å². The quantitative estimate of drug-likeness (QED) is 0.804. The summed E-state index contributed by atoms with van der Waals surface area (Å²) in [6.07, 6.45) is 2.10. The maximum Gasteiger partial charge on any atom is 0.111 e. The fourth-order valence-corrected chi connectivity index (χ4v) is 3.11. The van der Waals surface area contributed by atoms with Gasteiger partial charge in [-0.2, -0.15) is 0 Å². The highest BCUT2D eigenvalue weighted by molar-refractivity contribution is 6.17. The lowest BCUT2D eigenvalue weighted by atomic mass is 10.1. The van der Waals surface area contributed by atoms with Crippen molar-refractivity contribution < 1.29 is 4.74 Å². The molecule has 1 aliphatic heterocycles. The molecule has 0 radical (unpaired) electrons. The first-order chi connectivity index (χ1) is 9.20. The Balaban J connectivity index is 2.17. The fourth-order valence-electron chi connectivity index (χ4n) is 2.94. The Hall–Kier alpha value is -1.06. The van der Waals surface area contributed by atoms with E-state index in [9.17, 15) is 0 Å². The molecule has 1 aromatic heterocycles. The molecule has 0 spiro atoms. The summed E-state index contributed by atoms with van der Waals surface area (Å²) in [5.41, 5.74) is 3.53. The Kier molecular flexibility index (Phi) is 3.50. The lowest BCUT2D eigenvalue weighted by Gasteiger charge is -2.19. The third kappa shape index (κ3) is 2.26. The van der Waals surface area contributed by atoms with Crippen molar-refractivity contribution in [2.75, 3.05) is 12.5 Å². The Labute approximate surface area is 118 Å². The number of nitrogens with zero attached hydrogens (tertiary/aromatic N) is 2. The van der Waals surface area contributed by atoms with E-state index in [4.69, 9.17) is 21.3 Å². The number of hydrogen-bond acceptors (Lipinski definition) is 2. The number of benzene rings is 1. The zero-order chi connectivity index (χ0) is 13.4. The average Bonchev–Trinajstić information content (AvgIpc) is 2.93. The number of alkyl halides is 1. The summed E-state index contributed by atoms with van der Waals surface area (Å²) in [7, 11) is 0. The molecule has 3 nitrogen and oxygen atoms in total. The van der Waals surface area contributed by atoms with E-state index >= 15 is 0 Å². The molecular formula is C15H19ClN2O. The molecule has 2 aromatic rings. The highest BCUT2D eigenvalue weighted by Gasteiger charge is 2.29. The molecule has 3 rings (SSSR count). The average molecular weight is 279 g/mol. The fraction of sp³-hybridized carbons (Fsp3) is 0.533. The predicted octanol–water partition coefficient (Wildman–Crippen LogP) is 3.48. The van der Waals surface area contributed by atoms with Gasteiger partial charge in [-0.3, -0.25) is 0 Å². The molecule has 2 heterocycles. The lowest BCUT2D eigenvalue weighted by molar-refractivity contribution is 0.108. The largest absolute Gasteiger partial charge is 0.376 e. The first-order valence-corrected chi connectivity index (χ1v) is 7.39. The van der Waals surface area contributed by atoms with Gasteiger partial charge in [0.2, 0.25) is 0 Å². The van der Waals surface area contributed by atoms with E-state index in [1.54, 1.807) is 0 Å². The molecule has 2 atom stereocenters. The number of imidazole rings is 1. The van der Waals surface area contributed by atoms with Crippen LogP contribution in [0.1, 0.15) is 30.8 Å². The highest BCUT2D eigenvalue weighted by Crippen LogP contribution is 2.31. The van der Waals surface area contributed by atoms with Gasteiger partial charge in [0.15, 0.2) is 0 Å². The van der Waals surface area contributed by atoms with Gasteiger partial charge in [0.25, 0.3) is 0 Å². The molecular weight excluding hydrogens is 260 g/mol. The van der Waals surface area contributed by atoms with Gasteiger partial charge in [0.1, 0.15) is 5.82 Å². The van der Waals surface area contributed by atoms with Crippen LogP contribution >= 0.6 is 11.6 Å². The van der Waals surface area contributed by atoms with Crippen LogP contribution in [0.25, 0.3) is 11.0 Å². The number of ether oxygens (including phenoxy) is 1. The highest BCUT2D eigenvalue weighted by atomic mass is 35.5. The minimum absolute atomic E-state index is 0.243. The number of fused-ring (bicyclic) bond motifs is 1. The van der Waals surface area contributed by atoms with Gasteiger partial charge in [-0.1, -0.05) is 6.07 Å². The summed E-state index contributed by atoms with van der Waals surface area (Å²) < 4.78 is 8.07. The molecule has 0 bridgehead atoms. The summed E-state index contributed by atoms with van der Waals surface area (Å²) in [6, 6.07) is 6.80. The normalized spacial score (nSPS) is 23.3. The van der Waals surface area contributed by atoms with Crippen molar-refractivity contribution in [3.05, 3.63) is 29.6 Å². The van der Waals surface area contributed by atoms with Gasteiger partial charge >= 0.3 is 0 Å². The van der Waals surface area contributed by atoms with Crippen LogP contribution in [0, 0.1) is 6.92 Å². The zero-order valence-electron chi connectivity index (χ0n) is 11.4. The molecule has 1 saturated heterocycles. The van der Waals surface area contributed by atoms with Crippen molar-refractivity contribution in [1.29, 1.82) is 0 Å². The van der Waals surface area contributed by atoms with E-state index in [2.05, 4.69) is 36.6 Å². The van der Waals surface area contributed by atoms with Crippen molar-refractivity contribution in [3.63, 3.8) is 0 Å². The van der Waals surface area contributed by atoms with Crippen molar-refractivity contribution in [3.8, 4) is 0 Å². The minimum atomic E-state index is 0.243. The van der Waals surface area contributed by atoms with Crippen LogP contribution in [0.5, 0.6) is 0 Å². The summed E-state index contributed by atoms with van der Waals surface area (Å²) in [5.74, 6) is 1.68. The molecule has 19 heavy (non-hydrogen) atoms. The van der Waals surface area contributed by atoms with Crippen LogP contribution < -0.4 is 0 Å². The summed E-state index contributed by atoms with van der Waals surface area (Å²) >= 11 is 5.93. The van der Waals surface area contributed by atoms with Crippen molar-refractivity contribution >= 4 is 22.6 Å². The third-order valence-electron chi connectivity index (χ3n) is 3.90. The predicted molar refractivity (Wildman–Crippen MR) is 78.0 cm³/mol. The molecule has 0 N–H and O–H groups in total. The third-order valence-corrected chi connectivity index (χ3v) is 4.09. The van der Waals surface area contributed by atoms with Crippen molar-refractivity contribution in [2.24, 2.45) is 0 Å². The molecule has 1 aromatic carbocycles. The number of aromatic nitrogens is 2. The first-order valence-electron chi connectivity index (χ1n) is 6.85. The summed E-state index contributed by atoms with van der Waals surface area (Å²) in [4.78, 5) is 4.75. The van der Waals surface area contributed by atoms with Gasteiger partial charge in [0.05, 0.1) is 23.2 Å². The number of halogens is 1. The SMILES string of the molecule is Cc1ccc2nc(CCCl)n(C3CCOC3C)c2c1. The minimum Gasteiger partial charge on any atom is -0.376 e. The van der Waals surface area contributed by atoms with Crippen LogP contribution in [-0.4, -0.2) is 28.1 Å². The van der Waals surface area contributed by atoms with Gasteiger partial charge in [-0.05, 0) is 38.0 Å². The molecule has 1 aliphatic rings. The Morgan fingerprint density at radius 2 is 2.32 bits per heavy atom. The van der Waals surface area contributed by atoms with E-state index in [1.165, 1.54) is 11.1 Å². The van der Waals surface area contributed by atoms with Crippen LogP contribution in [0.15, 0.2) is 18.2 Å². The number of aryl methyl sites for hydroxylation is 2. The maximum absolute atomic E-state index is 5.93. The maximum atomic E-state index is 5.93. The first kappa shape index (κ1) is 12.9. The Morgan fingerprint density at radius 3 is 3.00 bits per heavy atom. The second kappa shape index (κ2) is 5.14. The van der Waals surface area contributed by atoms with Gasteiger partial charge in [0, 0.05) is 18.9 Å². The standard InChI is InChI=1S/C15H19ClN2O/c1-10-3-4-12-14(9-10)18(15(17-12)5-7-16)13-6-8-19-11(13)2/h3-4,9,11,13H,5-8H2,1-2H3. The summed E-state index contributed by atoms with van der Waals surface area (Å²) in [6.45, 7) is 5.09. The molecule has 102 valence electrons. The summed E-state index contributed by atoms with van der Waals surface area (Å²) in [5, 5.41) is 0. The van der Waals surface area contributed by atoms with E-state index < -0.39 is 0 Å². The molecule has 4 heteroatoms. The van der Waals surface area contributed by atoms with Gasteiger partial charge in [-0.25, -0.2) is 4.98 Å². The van der Waals surface area contributed by atoms with Crippen LogP contribution in [0.2, 0.25) is 0 Å². The van der Waals surface area contributed by atoms with Crippen molar-refractivity contribution in [1.82, 2.24) is 9.55 Å². The Morgan fingerprint density at radius 1 is 1.47 bits per heavy atom. The van der Waals surface area contributed by atoms with E-state index in [0.29, 0.717) is 11.9 Å². The second-order valence-electron chi connectivity index (χ2n) is 5.26. The number of rotatable bonds is 3. The zero-order valence-corrected chi connectivity index (χ0v) is 12.2. The smallest absolute Gasteiger partial charge is 0.111 e. The van der Waals surface area contributed by atoms with Gasteiger partial charge < -0.3 is 9.30 Å². The monoisotopic (exact) mass is 278 g/mol. The number of hydrogen-bond donors (Lipinski definition) is 0. The molecule has 1 fully saturated rings. The van der Waals surface area contributed by atoms with Crippen LogP contribution in [0.4, 0.5) is 0 Å². The second-order valence-corrected chi connectivity index (χ2v) is 5.64. The molecule has 0 aliphatic carbocycles. The van der Waals surface area contributed by atoms with Crippen LogP contribution in [0.3, 0.4) is 0 Å². The van der Waals surface area contributed by atoms with E-state index in [-0.39, 0.29) is 6.10 Å². The molecule has 0 saturated carbocycles. The van der Waals surface area contributed by atoms with E-state index in [0.717, 1.165) is 30.8 Å². The van der Waals surface area contributed by atoms with Crippen LogP contribution in [-0.2, 0) is 11.2 Å². The topological polar surface area (TPSA) is 27.1 Å². The van der Waals surface area contributed by atoms with Gasteiger partial charge in [-0.15, -0.1) is 11.6 Å². The van der Waals surface area contributed by atoms with E-state index in [1.807, 2.05) is 0 Å². The lowest BCUT2D eigenvalue weighted by Crippen LogP contribution is -2.19. The molecule has 0 amide bonds. The Bertz CT molecular complexity index is 593.